The predicted octanol–water partition coefficient (Wildman–Crippen LogP) is 21.3. The molecule has 0 aromatic rings. The Labute approximate surface area is 453 Å². The summed E-state index contributed by atoms with van der Waals surface area (Å²) in [5.41, 5.74) is 0. The van der Waals surface area contributed by atoms with Crippen molar-refractivity contribution in [3.8, 4) is 0 Å². The largest absolute Gasteiger partial charge is 0.462 e. The maximum atomic E-state index is 12.7. The molecule has 73 heavy (non-hydrogen) atoms. The molecule has 0 aliphatic carbocycles. The number of hydrogen-bond donors (Lipinski definition) is 0. The minimum Gasteiger partial charge on any atom is -0.462 e. The van der Waals surface area contributed by atoms with E-state index in [2.05, 4.69) is 87.6 Å². The summed E-state index contributed by atoms with van der Waals surface area (Å²) in [5, 5.41) is 0. The number of esters is 3. The first-order valence-electron chi connectivity index (χ1n) is 31.4. The van der Waals surface area contributed by atoms with Crippen molar-refractivity contribution in [1.82, 2.24) is 0 Å². The molecule has 0 fully saturated rings. The van der Waals surface area contributed by atoms with Crippen LogP contribution in [-0.2, 0) is 28.6 Å². The van der Waals surface area contributed by atoms with Gasteiger partial charge in [0, 0.05) is 19.3 Å². The van der Waals surface area contributed by atoms with Crippen LogP contribution in [0.15, 0.2) is 72.9 Å². The molecule has 0 rings (SSSR count). The molecule has 0 aromatic carbocycles. The van der Waals surface area contributed by atoms with Crippen molar-refractivity contribution in [3.63, 3.8) is 0 Å². The van der Waals surface area contributed by atoms with Crippen molar-refractivity contribution in [2.75, 3.05) is 13.2 Å². The van der Waals surface area contributed by atoms with E-state index in [9.17, 15) is 14.4 Å². The van der Waals surface area contributed by atoms with Gasteiger partial charge in [-0.05, 0) is 57.8 Å². The zero-order valence-electron chi connectivity index (χ0n) is 48.4. The Morgan fingerprint density at radius 2 is 0.534 bits per heavy atom. The van der Waals surface area contributed by atoms with E-state index in [1.54, 1.807) is 0 Å². The second-order valence-electron chi connectivity index (χ2n) is 21.0. The van der Waals surface area contributed by atoms with Crippen LogP contribution in [0.1, 0.15) is 316 Å². The molecule has 0 saturated carbocycles. The predicted molar refractivity (Wildman–Crippen MR) is 316 cm³/mol. The molecule has 0 radical (unpaired) electrons. The molecule has 0 amide bonds. The highest BCUT2D eigenvalue weighted by Crippen LogP contribution is 2.18. The monoisotopic (exact) mass is 1020 g/mol. The molecular formula is C67H118O6. The van der Waals surface area contributed by atoms with Gasteiger partial charge < -0.3 is 14.2 Å². The first-order valence-corrected chi connectivity index (χ1v) is 31.4. The van der Waals surface area contributed by atoms with Crippen LogP contribution in [0.5, 0.6) is 0 Å². The first kappa shape index (κ1) is 69.8. The van der Waals surface area contributed by atoms with Gasteiger partial charge in [0.15, 0.2) is 6.10 Å². The fraction of sp³-hybridized carbons (Fsp3) is 0.776. The van der Waals surface area contributed by atoms with Gasteiger partial charge in [0.05, 0.1) is 0 Å². The number of carbonyl (C=O) groups is 3. The third-order valence-electron chi connectivity index (χ3n) is 13.7. The van der Waals surface area contributed by atoms with Gasteiger partial charge in [-0.2, -0.15) is 0 Å². The summed E-state index contributed by atoms with van der Waals surface area (Å²) in [6.45, 7) is 6.41. The SMILES string of the molecule is CC/C=C\C/C=C\C/C=C\C/C=C\C/C=C\C/C=C\CCC(=O)OC(COC(=O)CCCCCCC)COC(=O)CCCCCCCCCCCCCCCCCCCCCCCCCCCCCCCCC. The van der Waals surface area contributed by atoms with Gasteiger partial charge in [-0.25, -0.2) is 0 Å². The molecule has 0 aliphatic heterocycles. The lowest BCUT2D eigenvalue weighted by atomic mass is 10.0. The van der Waals surface area contributed by atoms with E-state index in [0.29, 0.717) is 19.3 Å². The summed E-state index contributed by atoms with van der Waals surface area (Å²) in [5.74, 6) is -0.993. The lowest BCUT2D eigenvalue weighted by Gasteiger charge is -2.18. The highest BCUT2D eigenvalue weighted by Gasteiger charge is 2.19. The Kier molecular flexibility index (Phi) is 58.7. The van der Waals surface area contributed by atoms with E-state index < -0.39 is 12.1 Å². The van der Waals surface area contributed by atoms with Crippen LogP contribution in [0.3, 0.4) is 0 Å². The van der Waals surface area contributed by atoms with Crippen molar-refractivity contribution in [2.24, 2.45) is 0 Å². The number of unbranched alkanes of at least 4 members (excludes halogenated alkanes) is 34. The van der Waals surface area contributed by atoms with E-state index in [0.717, 1.165) is 89.9 Å². The lowest BCUT2D eigenvalue weighted by Crippen LogP contribution is -2.30. The Morgan fingerprint density at radius 1 is 0.288 bits per heavy atom. The molecule has 0 spiro atoms. The molecule has 0 aromatic heterocycles. The summed E-state index contributed by atoms with van der Waals surface area (Å²) >= 11 is 0. The summed E-state index contributed by atoms with van der Waals surface area (Å²) in [4.78, 5) is 37.8. The maximum Gasteiger partial charge on any atom is 0.306 e. The van der Waals surface area contributed by atoms with E-state index >= 15 is 0 Å². The van der Waals surface area contributed by atoms with Gasteiger partial charge in [-0.1, -0.05) is 312 Å². The third-order valence-corrected chi connectivity index (χ3v) is 13.7. The van der Waals surface area contributed by atoms with Crippen molar-refractivity contribution in [2.45, 2.75) is 322 Å². The van der Waals surface area contributed by atoms with E-state index in [-0.39, 0.29) is 31.6 Å². The van der Waals surface area contributed by atoms with E-state index in [4.69, 9.17) is 14.2 Å². The number of allylic oxidation sites excluding steroid dienone is 12. The molecule has 6 nitrogen and oxygen atoms in total. The van der Waals surface area contributed by atoms with Gasteiger partial charge in [0.1, 0.15) is 13.2 Å². The summed E-state index contributed by atoms with van der Waals surface area (Å²) in [6, 6.07) is 0. The lowest BCUT2D eigenvalue weighted by molar-refractivity contribution is -0.166. The Bertz CT molecular complexity index is 1360. The zero-order chi connectivity index (χ0) is 52.9. The van der Waals surface area contributed by atoms with Crippen LogP contribution in [0.2, 0.25) is 0 Å². The molecule has 0 aliphatic rings. The standard InChI is InChI=1S/C67H118O6/c1-4-7-10-13-15-17-19-21-23-25-27-28-29-30-31-32-33-34-35-36-37-38-40-41-43-45-47-49-51-54-57-60-66(69)72-63-64(62-71-65(68)59-56-53-12-9-6-3)73-67(70)61-58-55-52-50-48-46-44-42-39-26-24-22-20-18-16-14-11-8-5-2/h8,11,16,18,22,24,39,42,46,48,52,55,64H,4-7,9-10,12-15,17,19-21,23,25-38,40-41,43-45,47,49-51,53-54,56-63H2,1-3H3/b11-8-,18-16-,24-22-,42-39-,48-46-,55-52-. The average molecular weight is 1020 g/mol. The number of carbonyl (C=O) groups excluding carboxylic acids is 3. The van der Waals surface area contributed by atoms with E-state index in [1.807, 2.05) is 6.08 Å². The average Bonchev–Trinajstić information content (AvgIpc) is 3.39. The molecule has 0 N–H and O–H groups in total. The highest BCUT2D eigenvalue weighted by atomic mass is 16.6. The van der Waals surface area contributed by atoms with Crippen molar-refractivity contribution < 1.29 is 28.6 Å². The maximum absolute atomic E-state index is 12.7. The topological polar surface area (TPSA) is 78.9 Å². The minimum absolute atomic E-state index is 0.103. The van der Waals surface area contributed by atoms with Crippen LogP contribution in [-0.4, -0.2) is 37.2 Å². The Hall–Kier alpha value is -3.15. The second kappa shape index (κ2) is 61.4. The molecule has 422 valence electrons. The number of ether oxygens (including phenoxy) is 3. The fourth-order valence-electron chi connectivity index (χ4n) is 9.06. The Morgan fingerprint density at radius 3 is 0.808 bits per heavy atom. The quantitative estimate of drug-likeness (QED) is 0.0261. The van der Waals surface area contributed by atoms with Gasteiger partial charge in [-0.3, -0.25) is 14.4 Å². The van der Waals surface area contributed by atoms with Crippen LogP contribution in [0, 0.1) is 0 Å². The van der Waals surface area contributed by atoms with Crippen LogP contribution < -0.4 is 0 Å². The van der Waals surface area contributed by atoms with Crippen LogP contribution in [0.25, 0.3) is 0 Å². The normalized spacial score (nSPS) is 12.5. The zero-order valence-corrected chi connectivity index (χ0v) is 48.4. The molecule has 1 unspecified atom stereocenters. The fourth-order valence-corrected chi connectivity index (χ4v) is 9.06. The van der Waals surface area contributed by atoms with Gasteiger partial charge in [0.2, 0.25) is 0 Å². The smallest absolute Gasteiger partial charge is 0.306 e. The number of rotatable bonds is 57. The van der Waals surface area contributed by atoms with Crippen molar-refractivity contribution in [1.29, 1.82) is 0 Å². The molecule has 1 atom stereocenters. The second-order valence-corrected chi connectivity index (χ2v) is 21.0. The Balaban J connectivity index is 4.01. The highest BCUT2D eigenvalue weighted by molar-refractivity contribution is 5.71. The minimum atomic E-state index is -0.811. The summed E-state index contributed by atoms with van der Waals surface area (Å²) < 4.78 is 16.7. The molecular weight excluding hydrogens is 901 g/mol. The van der Waals surface area contributed by atoms with E-state index in [1.165, 1.54) is 180 Å². The van der Waals surface area contributed by atoms with Gasteiger partial charge in [-0.15, -0.1) is 0 Å². The third kappa shape index (κ3) is 59.6. The molecule has 0 bridgehead atoms. The van der Waals surface area contributed by atoms with Crippen molar-refractivity contribution >= 4 is 17.9 Å². The van der Waals surface area contributed by atoms with Crippen LogP contribution >= 0.6 is 0 Å². The van der Waals surface area contributed by atoms with Gasteiger partial charge >= 0.3 is 17.9 Å². The summed E-state index contributed by atoms with van der Waals surface area (Å²) in [6.07, 6.45) is 80.0. The summed E-state index contributed by atoms with van der Waals surface area (Å²) in [7, 11) is 0. The molecule has 0 saturated heterocycles. The molecule has 6 heteroatoms. The van der Waals surface area contributed by atoms with Gasteiger partial charge in [0.25, 0.3) is 0 Å². The van der Waals surface area contributed by atoms with Crippen molar-refractivity contribution in [3.05, 3.63) is 72.9 Å². The molecule has 0 heterocycles. The van der Waals surface area contributed by atoms with Crippen LogP contribution in [0.4, 0.5) is 0 Å². The number of hydrogen-bond acceptors (Lipinski definition) is 6. The first-order chi connectivity index (χ1) is 36.0.